The number of hydrogen-bond donors (Lipinski definition) is 1. The minimum absolute atomic E-state index is 0.0242. The largest absolute Gasteiger partial charge is 0.350 e. The molecule has 0 bridgehead atoms. The lowest BCUT2D eigenvalue weighted by Gasteiger charge is -2.29. The van der Waals surface area contributed by atoms with Crippen molar-refractivity contribution < 1.29 is 13.2 Å². The number of aryl methyl sites for hydroxylation is 2. The third kappa shape index (κ3) is 4.93. The van der Waals surface area contributed by atoms with Crippen LogP contribution in [0, 0.1) is 6.92 Å². The number of nitrogens with one attached hydrogen (secondary N) is 1. The smallest absolute Gasteiger partial charge is 0.251 e. The molecule has 1 amide bonds. The number of amides is 1. The van der Waals surface area contributed by atoms with Gasteiger partial charge in [0.15, 0.2) is 0 Å². The average Bonchev–Trinajstić information content (AvgIpc) is 2.67. The van der Waals surface area contributed by atoms with Gasteiger partial charge in [0.25, 0.3) is 5.91 Å². The number of benzene rings is 2. The number of carbonyl (C=O) groups is 1. The van der Waals surface area contributed by atoms with Crippen molar-refractivity contribution >= 4 is 21.6 Å². The number of hydrogen-bond acceptors (Lipinski definition) is 3. The second-order valence-electron chi connectivity index (χ2n) is 7.50. The fourth-order valence-corrected chi connectivity index (χ4v) is 5.18. The van der Waals surface area contributed by atoms with Gasteiger partial charge in [0, 0.05) is 18.2 Å². The number of nitrogens with zero attached hydrogens (tertiary/aromatic N) is 1. The van der Waals surface area contributed by atoms with Crippen LogP contribution in [0.3, 0.4) is 0 Å². The zero-order valence-corrected chi connectivity index (χ0v) is 17.3. The fraction of sp³-hybridized carbons (Fsp3) is 0.409. The van der Waals surface area contributed by atoms with Gasteiger partial charge in [-0.05, 0) is 62.8 Å². The SMILES string of the molecule is Cc1ccc(C(=O)N[C@H](C)CCc2ccccc2)cc1N1CCCCS1(=O)=O. The summed E-state index contributed by atoms with van der Waals surface area (Å²) in [5.41, 5.74) is 3.22. The molecule has 2 aromatic rings. The lowest BCUT2D eigenvalue weighted by atomic mass is 10.1. The first kappa shape index (κ1) is 20.4. The van der Waals surface area contributed by atoms with Gasteiger partial charge in [-0.1, -0.05) is 36.4 Å². The fourth-order valence-electron chi connectivity index (χ4n) is 3.49. The van der Waals surface area contributed by atoms with Gasteiger partial charge in [0.05, 0.1) is 11.4 Å². The maximum absolute atomic E-state index is 12.7. The lowest BCUT2D eigenvalue weighted by Crippen LogP contribution is -2.38. The highest BCUT2D eigenvalue weighted by Gasteiger charge is 2.27. The zero-order chi connectivity index (χ0) is 20.1. The molecule has 0 aromatic heterocycles. The molecule has 1 heterocycles. The second-order valence-corrected chi connectivity index (χ2v) is 9.51. The van der Waals surface area contributed by atoms with E-state index in [4.69, 9.17) is 0 Å². The van der Waals surface area contributed by atoms with Crippen molar-refractivity contribution in [2.75, 3.05) is 16.6 Å². The van der Waals surface area contributed by atoms with E-state index in [9.17, 15) is 13.2 Å². The second kappa shape index (κ2) is 8.78. The third-order valence-electron chi connectivity index (χ3n) is 5.18. The van der Waals surface area contributed by atoms with Gasteiger partial charge in [-0.25, -0.2) is 8.42 Å². The highest BCUT2D eigenvalue weighted by atomic mass is 32.2. The van der Waals surface area contributed by atoms with Crippen LogP contribution in [0.15, 0.2) is 48.5 Å². The van der Waals surface area contributed by atoms with Crippen LogP contribution >= 0.6 is 0 Å². The van der Waals surface area contributed by atoms with Crippen LogP contribution in [0.1, 0.15) is 47.7 Å². The molecule has 0 spiro atoms. The van der Waals surface area contributed by atoms with Crippen molar-refractivity contribution in [1.29, 1.82) is 0 Å². The Labute approximate surface area is 167 Å². The highest BCUT2D eigenvalue weighted by molar-refractivity contribution is 7.92. The molecular weight excluding hydrogens is 372 g/mol. The summed E-state index contributed by atoms with van der Waals surface area (Å²) in [7, 11) is -3.30. The van der Waals surface area contributed by atoms with Crippen LogP contribution in [0.25, 0.3) is 0 Å². The Morgan fingerprint density at radius 2 is 1.89 bits per heavy atom. The predicted octanol–water partition coefficient (Wildman–Crippen LogP) is 3.68. The molecule has 150 valence electrons. The summed E-state index contributed by atoms with van der Waals surface area (Å²) < 4.78 is 26.3. The maximum Gasteiger partial charge on any atom is 0.251 e. The van der Waals surface area contributed by atoms with E-state index < -0.39 is 10.0 Å². The molecule has 6 heteroatoms. The van der Waals surface area contributed by atoms with E-state index in [1.54, 1.807) is 12.1 Å². The Bertz CT molecular complexity index is 926. The molecular formula is C22H28N2O3S. The maximum atomic E-state index is 12.7. The Hall–Kier alpha value is -2.34. The van der Waals surface area contributed by atoms with Crippen LogP contribution in [0.5, 0.6) is 0 Å². The van der Waals surface area contributed by atoms with E-state index in [2.05, 4.69) is 17.4 Å². The molecule has 1 aliphatic heterocycles. The van der Waals surface area contributed by atoms with Gasteiger partial charge < -0.3 is 5.32 Å². The Morgan fingerprint density at radius 1 is 1.14 bits per heavy atom. The van der Waals surface area contributed by atoms with Gasteiger partial charge >= 0.3 is 0 Å². The van der Waals surface area contributed by atoms with Crippen LogP contribution in [0.4, 0.5) is 5.69 Å². The summed E-state index contributed by atoms with van der Waals surface area (Å²) in [5.74, 6) is -0.00411. The number of anilines is 1. The number of rotatable bonds is 6. The molecule has 1 atom stereocenters. The standard InChI is InChI=1S/C22H28N2O3S/c1-17-10-13-20(16-21(17)24-14-6-7-15-28(24,26)27)22(25)23-18(2)11-12-19-8-4-3-5-9-19/h3-5,8-10,13,16,18H,6-7,11-12,14-15H2,1-2H3,(H,23,25)/t18-/m1/s1. The molecule has 1 aliphatic rings. The van der Waals surface area contributed by atoms with Crippen LogP contribution in [-0.2, 0) is 16.4 Å². The van der Waals surface area contributed by atoms with Crippen LogP contribution in [-0.4, -0.2) is 32.7 Å². The summed E-state index contributed by atoms with van der Waals surface area (Å²) in [6.07, 6.45) is 3.27. The van der Waals surface area contributed by atoms with Crippen molar-refractivity contribution in [3.05, 3.63) is 65.2 Å². The van der Waals surface area contributed by atoms with Crippen molar-refractivity contribution in [3.63, 3.8) is 0 Å². The minimum Gasteiger partial charge on any atom is -0.350 e. The molecule has 1 saturated heterocycles. The van der Waals surface area contributed by atoms with Gasteiger partial charge in [0.2, 0.25) is 10.0 Å². The summed E-state index contributed by atoms with van der Waals surface area (Å²) in [6, 6.07) is 15.5. The highest BCUT2D eigenvalue weighted by Crippen LogP contribution is 2.28. The first-order chi connectivity index (χ1) is 13.4. The minimum atomic E-state index is -3.30. The Morgan fingerprint density at radius 3 is 2.61 bits per heavy atom. The quantitative estimate of drug-likeness (QED) is 0.804. The van der Waals surface area contributed by atoms with E-state index in [-0.39, 0.29) is 17.7 Å². The van der Waals surface area contributed by atoms with E-state index >= 15 is 0 Å². The molecule has 2 aromatic carbocycles. The molecule has 0 saturated carbocycles. The predicted molar refractivity (Wildman–Crippen MR) is 113 cm³/mol. The number of sulfonamides is 1. The third-order valence-corrected chi connectivity index (χ3v) is 7.03. The van der Waals surface area contributed by atoms with Gasteiger partial charge in [-0.2, -0.15) is 0 Å². The van der Waals surface area contributed by atoms with Crippen molar-refractivity contribution in [2.45, 2.75) is 45.6 Å². The summed E-state index contributed by atoms with van der Waals surface area (Å²) in [6.45, 7) is 4.34. The molecule has 0 aliphatic carbocycles. The summed E-state index contributed by atoms with van der Waals surface area (Å²) in [5, 5.41) is 3.03. The summed E-state index contributed by atoms with van der Waals surface area (Å²) in [4.78, 5) is 12.7. The molecule has 0 unspecified atom stereocenters. The van der Waals surface area contributed by atoms with E-state index in [0.29, 0.717) is 24.2 Å². The molecule has 1 fully saturated rings. The molecule has 28 heavy (non-hydrogen) atoms. The van der Waals surface area contributed by atoms with Crippen molar-refractivity contribution in [2.24, 2.45) is 0 Å². The first-order valence-corrected chi connectivity index (χ1v) is 11.4. The molecule has 1 N–H and O–H groups in total. The molecule has 3 rings (SSSR count). The number of carbonyl (C=O) groups excluding carboxylic acids is 1. The zero-order valence-electron chi connectivity index (χ0n) is 16.5. The van der Waals surface area contributed by atoms with Gasteiger partial charge in [-0.15, -0.1) is 0 Å². The first-order valence-electron chi connectivity index (χ1n) is 9.83. The molecule has 5 nitrogen and oxygen atoms in total. The topological polar surface area (TPSA) is 66.5 Å². The van der Waals surface area contributed by atoms with Gasteiger partial charge in [0.1, 0.15) is 0 Å². The lowest BCUT2D eigenvalue weighted by molar-refractivity contribution is 0.0938. The normalized spacial score (nSPS) is 17.1. The van der Waals surface area contributed by atoms with E-state index in [0.717, 1.165) is 24.8 Å². The van der Waals surface area contributed by atoms with Gasteiger partial charge in [-0.3, -0.25) is 9.10 Å². The van der Waals surface area contributed by atoms with E-state index in [1.807, 2.05) is 38.1 Å². The summed E-state index contributed by atoms with van der Waals surface area (Å²) >= 11 is 0. The van der Waals surface area contributed by atoms with E-state index in [1.165, 1.54) is 9.87 Å². The van der Waals surface area contributed by atoms with Crippen LogP contribution < -0.4 is 9.62 Å². The Balaban J connectivity index is 1.68. The van der Waals surface area contributed by atoms with Crippen LogP contribution in [0.2, 0.25) is 0 Å². The van der Waals surface area contributed by atoms with Crippen molar-refractivity contribution in [1.82, 2.24) is 5.32 Å². The van der Waals surface area contributed by atoms with Crippen molar-refractivity contribution in [3.8, 4) is 0 Å². The Kier molecular flexibility index (Phi) is 6.39. The average molecular weight is 401 g/mol. The monoisotopic (exact) mass is 400 g/mol. The molecule has 0 radical (unpaired) electrons.